The SMILES string of the molecule is COc1cc(CNC(=O)CC2CCCCC2N)cc(OC)c1OC.Cl. The van der Waals surface area contributed by atoms with Gasteiger partial charge in [-0.3, -0.25) is 4.79 Å². The summed E-state index contributed by atoms with van der Waals surface area (Å²) in [6.07, 6.45) is 4.89. The molecule has 1 aromatic rings. The highest BCUT2D eigenvalue weighted by Gasteiger charge is 2.24. The largest absolute Gasteiger partial charge is 0.493 e. The molecule has 0 saturated heterocycles. The van der Waals surface area contributed by atoms with E-state index < -0.39 is 0 Å². The van der Waals surface area contributed by atoms with Gasteiger partial charge in [0.1, 0.15) is 0 Å². The smallest absolute Gasteiger partial charge is 0.220 e. The zero-order chi connectivity index (χ0) is 17.5. The van der Waals surface area contributed by atoms with Crippen LogP contribution in [-0.4, -0.2) is 33.3 Å². The second-order valence-corrected chi connectivity index (χ2v) is 6.22. The molecule has 142 valence electrons. The third-order valence-corrected chi connectivity index (χ3v) is 4.63. The minimum atomic E-state index is 0. The number of halogens is 1. The highest BCUT2D eigenvalue weighted by atomic mass is 35.5. The van der Waals surface area contributed by atoms with Gasteiger partial charge in [-0.15, -0.1) is 12.4 Å². The highest BCUT2D eigenvalue weighted by Crippen LogP contribution is 2.38. The first-order valence-electron chi connectivity index (χ1n) is 8.40. The van der Waals surface area contributed by atoms with E-state index in [2.05, 4.69) is 5.32 Å². The first-order chi connectivity index (χ1) is 11.6. The molecule has 0 heterocycles. The summed E-state index contributed by atoms with van der Waals surface area (Å²) in [5, 5.41) is 2.96. The van der Waals surface area contributed by atoms with Crippen LogP contribution in [0.1, 0.15) is 37.7 Å². The number of carbonyl (C=O) groups is 1. The third-order valence-electron chi connectivity index (χ3n) is 4.63. The fourth-order valence-electron chi connectivity index (χ4n) is 3.24. The van der Waals surface area contributed by atoms with Crippen LogP contribution in [-0.2, 0) is 11.3 Å². The summed E-state index contributed by atoms with van der Waals surface area (Å²) in [5.41, 5.74) is 7.01. The van der Waals surface area contributed by atoms with Crippen molar-refractivity contribution in [3.05, 3.63) is 17.7 Å². The van der Waals surface area contributed by atoms with Crippen molar-refractivity contribution < 1.29 is 19.0 Å². The van der Waals surface area contributed by atoms with Crippen LogP contribution in [0.25, 0.3) is 0 Å². The molecule has 0 aromatic heterocycles. The Morgan fingerprint density at radius 1 is 1.12 bits per heavy atom. The van der Waals surface area contributed by atoms with Gasteiger partial charge in [0.05, 0.1) is 21.3 Å². The van der Waals surface area contributed by atoms with Crippen LogP contribution in [0.15, 0.2) is 12.1 Å². The maximum Gasteiger partial charge on any atom is 0.220 e. The first kappa shape index (κ1) is 21.4. The maximum atomic E-state index is 12.2. The zero-order valence-electron chi connectivity index (χ0n) is 15.2. The molecule has 2 atom stereocenters. The molecule has 1 aromatic carbocycles. The Bertz CT molecular complexity index is 543. The standard InChI is InChI=1S/C18H28N2O4.ClH/c1-22-15-8-12(9-16(23-2)18(15)24-3)11-20-17(21)10-13-6-4-5-7-14(13)19;/h8-9,13-14H,4-7,10-11,19H2,1-3H3,(H,20,21);1H. The number of nitrogens with one attached hydrogen (secondary N) is 1. The van der Waals surface area contributed by atoms with Crippen molar-refractivity contribution in [2.75, 3.05) is 21.3 Å². The number of rotatable bonds is 7. The topological polar surface area (TPSA) is 82.8 Å². The van der Waals surface area contributed by atoms with E-state index in [1.165, 1.54) is 12.8 Å². The first-order valence-corrected chi connectivity index (χ1v) is 8.40. The summed E-state index contributed by atoms with van der Waals surface area (Å²) in [6.45, 7) is 0.414. The van der Waals surface area contributed by atoms with Gasteiger partial charge < -0.3 is 25.3 Å². The van der Waals surface area contributed by atoms with Crippen molar-refractivity contribution in [1.82, 2.24) is 5.32 Å². The van der Waals surface area contributed by atoms with E-state index in [0.29, 0.717) is 36.1 Å². The van der Waals surface area contributed by atoms with Gasteiger partial charge >= 0.3 is 0 Å². The van der Waals surface area contributed by atoms with E-state index in [9.17, 15) is 4.79 Å². The molecule has 0 bridgehead atoms. The number of amides is 1. The van der Waals surface area contributed by atoms with Crippen LogP contribution in [0.4, 0.5) is 0 Å². The van der Waals surface area contributed by atoms with Gasteiger partial charge in [-0.1, -0.05) is 12.8 Å². The quantitative estimate of drug-likeness (QED) is 0.768. The van der Waals surface area contributed by atoms with E-state index in [1.807, 2.05) is 12.1 Å². The molecule has 1 saturated carbocycles. The second kappa shape index (κ2) is 10.4. The van der Waals surface area contributed by atoms with Crippen LogP contribution < -0.4 is 25.3 Å². The van der Waals surface area contributed by atoms with Gasteiger partial charge in [0.25, 0.3) is 0 Å². The molecule has 0 aliphatic heterocycles. The summed E-state index contributed by atoms with van der Waals surface area (Å²) in [5.74, 6) is 2.03. The monoisotopic (exact) mass is 372 g/mol. The van der Waals surface area contributed by atoms with Gasteiger partial charge in [0.15, 0.2) is 11.5 Å². The lowest BCUT2D eigenvalue weighted by atomic mass is 9.83. The molecule has 1 amide bonds. The molecule has 1 aliphatic rings. The van der Waals surface area contributed by atoms with Gasteiger partial charge in [-0.05, 0) is 36.5 Å². The number of ether oxygens (including phenoxy) is 3. The molecule has 1 fully saturated rings. The van der Waals surface area contributed by atoms with Gasteiger partial charge in [-0.25, -0.2) is 0 Å². The number of nitrogens with two attached hydrogens (primary N) is 1. The molecule has 1 aliphatic carbocycles. The van der Waals surface area contributed by atoms with Gasteiger partial charge in [-0.2, -0.15) is 0 Å². The summed E-state index contributed by atoms with van der Waals surface area (Å²) >= 11 is 0. The molecular weight excluding hydrogens is 344 g/mol. The van der Waals surface area contributed by atoms with Crippen molar-refractivity contribution in [2.24, 2.45) is 11.7 Å². The number of hydrogen-bond donors (Lipinski definition) is 2. The molecule has 25 heavy (non-hydrogen) atoms. The fraction of sp³-hybridized carbons (Fsp3) is 0.611. The summed E-state index contributed by atoms with van der Waals surface area (Å²) < 4.78 is 16.0. The normalized spacial score (nSPS) is 19.5. The van der Waals surface area contributed by atoms with Crippen LogP contribution >= 0.6 is 12.4 Å². The van der Waals surface area contributed by atoms with Crippen LogP contribution in [0.3, 0.4) is 0 Å². The second-order valence-electron chi connectivity index (χ2n) is 6.22. The van der Waals surface area contributed by atoms with Crippen molar-refractivity contribution in [3.63, 3.8) is 0 Å². The Balaban J connectivity index is 0.00000312. The van der Waals surface area contributed by atoms with Crippen molar-refractivity contribution in [1.29, 1.82) is 0 Å². The van der Waals surface area contributed by atoms with Gasteiger partial charge in [0, 0.05) is 19.0 Å². The average Bonchev–Trinajstić information content (AvgIpc) is 2.60. The summed E-state index contributed by atoms with van der Waals surface area (Å²) in [6, 6.07) is 3.83. The molecule has 7 heteroatoms. The lowest BCUT2D eigenvalue weighted by Gasteiger charge is -2.28. The Labute approximate surface area is 155 Å². The van der Waals surface area contributed by atoms with E-state index in [1.54, 1.807) is 21.3 Å². The Hall–Kier alpha value is -1.66. The molecular formula is C18H29ClN2O4. The van der Waals surface area contributed by atoms with E-state index in [4.69, 9.17) is 19.9 Å². The Morgan fingerprint density at radius 3 is 2.24 bits per heavy atom. The van der Waals surface area contributed by atoms with Crippen molar-refractivity contribution in [2.45, 2.75) is 44.7 Å². The molecule has 6 nitrogen and oxygen atoms in total. The van der Waals surface area contributed by atoms with E-state index >= 15 is 0 Å². The Kier molecular flexibility index (Phi) is 8.86. The number of carbonyl (C=O) groups excluding carboxylic acids is 1. The minimum absolute atomic E-state index is 0. The predicted molar refractivity (Wildman–Crippen MR) is 99.7 cm³/mol. The van der Waals surface area contributed by atoms with Crippen LogP contribution in [0.5, 0.6) is 17.2 Å². The van der Waals surface area contributed by atoms with E-state index in [0.717, 1.165) is 18.4 Å². The van der Waals surface area contributed by atoms with Gasteiger partial charge in [0.2, 0.25) is 11.7 Å². The maximum absolute atomic E-state index is 12.2. The molecule has 2 unspecified atom stereocenters. The zero-order valence-corrected chi connectivity index (χ0v) is 16.0. The van der Waals surface area contributed by atoms with E-state index in [-0.39, 0.29) is 24.4 Å². The Morgan fingerprint density at radius 2 is 1.72 bits per heavy atom. The molecule has 0 spiro atoms. The van der Waals surface area contributed by atoms with Crippen LogP contribution in [0.2, 0.25) is 0 Å². The predicted octanol–water partition coefficient (Wildman–Crippen LogP) is 2.66. The minimum Gasteiger partial charge on any atom is -0.493 e. The summed E-state index contributed by atoms with van der Waals surface area (Å²) in [4.78, 5) is 12.2. The summed E-state index contributed by atoms with van der Waals surface area (Å²) in [7, 11) is 4.71. The molecule has 0 radical (unpaired) electrons. The molecule has 2 rings (SSSR count). The van der Waals surface area contributed by atoms with Crippen LogP contribution in [0, 0.1) is 5.92 Å². The number of methoxy groups -OCH3 is 3. The number of hydrogen-bond acceptors (Lipinski definition) is 5. The lowest BCUT2D eigenvalue weighted by molar-refractivity contribution is -0.122. The fourth-order valence-corrected chi connectivity index (χ4v) is 3.24. The number of benzene rings is 1. The highest BCUT2D eigenvalue weighted by molar-refractivity contribution is 5.85. The lowest BCUT2D eigenvalue weighted by Crippen LogP contribution is -2.37. The van der Waals surface area contributed by atoms with Crippen molar-refractivity contribution in [3.8, 4) is 17.2 Å². The third kappa shape index (κ3) is 5.68. The van der Waals surface area contributed by atoms with Crippen molar-refractivity contribution >= 4 is 18.3 Å². The average molecular weight is 373 g/mol. The molecule has 3 N–H and O–H groups in total.